The first kappa shape index (κ1) is 23.9. The predicted octanol–water partition coefficient (Wildman–Crippen LogP) is 8.36. The summed E-state index contributed by atoms with van der Waals surface area (Å²) in [4.78, 5) is 18.2. The van der Waals surface area contributed by atoms with Crippen LogP contribution in [0.2, 0.25) is 0 Å². The van der Waals surface area contributed by atoms with Gasteiger partial charge in [-0.25, -0.2) is 4.98 Å². The fraction of sp³-hybridized carbons (Fsp3) is 0.172. The SMILES string of the molecule is CCCCn1c(O)c(N=NC(=O)c2cc(-c3ccc(Br)cc3)nc3ccc(C)cc23)c2ccccc21. The second kappa shape index (κ2) is 10.0. The number of pyridine rings is 1. The summed E-state index contributed by atoms with van der Waals surface area (Å²) >= 11 is 3.46. The van der Waals surface area contributed by atoms with E-state index in [0.717, 1.165) is 44.7 Å². The van der Waals surface area contributed by atoms with E-state index in [1.807, 2.05) is 78.2 Å². The van der Waals surface area contributed by atoms with Crippen molar-refractivity contribution in [1.29, 1.82) is 0 Å². The normalized spacial score (nSPS) is 11.6. The van der Waals surface area contributed by atoms with Gasteiger partial charge >= 0.3 is 0 Å². The molecule has 7 heteroatoms. The van der Waals surface area contributed by atoms with Gasteiger partial charge in [0.05, 0.1) is 22.3 Å². The van der Waals surface area contributed by atoms with E-state index in [4.69, 9.17) is 4.98 Å². The summed E-state index contributed by atoms with van der Waals surface area (Å²) in [5, 5.41) is 20.7. The number of fused-ring (bicyclic) bond motifs is 2. The first-order valence-corrected chi connectivity index (χ1v) is 12.7. The second-order valence-corrected chi connectivity index (χ2v) is 9.70. The number of benzene rings is 3. The highest BCUT2D eigenvalue weighted by molar-refractivity contribution is 9.10. The minimum Gasteiger partial charge on any atom is -0.493 e. The lowest BCUT2D eigenvalue weighted by Gasteiger charge is -2.08. The standard InChI is InChI=1S/C29H25BrN4O2/c1-3-4-15-34-26-8-6-5-7-21(26)27(29(34)36)32-33-28(35)23-17-25(19-10-12-20(30)13-11-19)31-24-14-9-18(2)16-22(23)24/h5-14,16-17,36H,3-4,15H2,1-2H3. The number of unbranched alkanes of at least 4 members (excludes halogenated alkanes) is 1. The average molecular weight is 541 g/mol. The second-order valence-electron chi connectivity index (χ2n) is 8.78. The third kappa shape index (κ3) is 4.54. The number of halogens is 1. The fourth-order valence-corrected chi connectivity index (χ4v) is 4.61. The Hall–Kier alpha value is -3.84. The molecular formula is C29H25BrN4O2. The predicted molar refractivity (Wildman–Crippen MR) is 147 cm³/mol. The van der Waals surface area contributed by atoms with Gasteiger partial charge in [0.15, 0.2) is 5.69 Å². The van der Waals surface area contributed by atoms with Crippen molar-refractivity contribution in [2.75, 3.05) is 0 Å². The zero-order chi connectivity index (χ0) is 25.2. The lowest BCUT2D eigenvalue weighted by atomic mass is 10.0. The average Bonchev–Trinajstić information content (AvgIpc) is 3.16. The number of para-hydroxylation sites is 1. The molecule has 5 aromatic rings. The molecule has 0 unspecified atom stereocenters. The quantitative estimate of drug-likeness (QED) is 0.219. The first-order valence-electron chi connectivity index (χ1n) is 11.9. The van der Waals surface area contributed by atoms with E-state index >= 15 is 0 Å². The Bertz CT molecular complexity index is 1620. The molecule has 3 aromatic carbocycles. The van der Waals surface area contributed by atoms with Gasteiger partial charge in [-0.3, -0.25) is 4.79 Å². The number of carbonyl (C=O) groups is 1. The van der Waals surface area contributed by atoms with Crippen LogP contribution >= 0.6 is 15.9 Å². The molecule has 0 aliphatic rings. The first-order chi connectivity index (χ1) is 17.5. The molecule has 0 atom stereocenters. The van der Waals surface area contributed by atoms with E-state index in [0.29, 0.717) is 29.0 Å². The molecule has 180 valence electrons. The Morgan fingerprint density at radius 3 is 2.58 bits per heavy atom. The zero-order valence-corrected chi connectivity index (χ0v) is 21.7. The summed E-state index contributed by atoms with van der Waals surface area (Å²) in [6.07, 6.45) is 1.92. The smallest absolute Gasteiger partial charge is 0.296 e. The zero-order valence-electron chi connectivity index (χ0n) is 20.1. The molecule has 2 heterocycles. The van der Waals surface area contributed by atoms with Gasteiger partial charge in [-0.15, -0.1) is 10.2 Å². The van der Waals surface area contributed by atoms with Gasteiger partial charge in [0.1, 0.15) is 0 Å². The van der Waals surface area contributed by atoms with Gasteiger partial charge in [0.2, 0.25) is 5.88 Å². The van der Waals surface area contributed by atoms with Gasteiger partial charge in [0, 0.05) is 27.4 Å². The molecule has 0 spiro atoms. The monoisotopic (exact) mass is 540 g/mol. The Balaban J connectivity index is 1.60. The largest absolute Gasteiger partial charge is 0.493 e. The molecule has 0 aliphatic carbocycles. The Morgan fingerprint density at radius 1 is 1.03 bits per heavy atom. The lowest BCUT2D eigenvalue weighted by molar-refractivity contribution is 0.0996. The highest BCUT2D eigenvalue weighted by Gasteiger charge is 2.18. The number of aryl methyl sites for hydroxylation is 2. The van der Waals surface area contributed by atoms with Crippen LogP contribution in [0.15, 0.2) is 87.5 Å². The van der Waals surface area contributed by atoms with Gasteiger partial charge in [-0.1, -0.05) is 71.2 Å². The molecular weight excluding hydrogens is 516 g/mol. The lowest BCUT2D eigenvalue weighted by Crippen LogP contribution is -1.99. The number of aromatic nitrogens is 2. The number of amides is 1. The summed E-state index contributed by atoms with van der Waals surface area (Å²) < 4.78 is 2.79. The molecule has 1 N–H and O–H groups in total. The minimum atomic E-state index is -0.490. The maximum absolute atomic E-state index is 13.4. The van der Waals surface area contributed by atoms with Gasteiger partial charge in [-0.05, 0) is 49.7 Å². The molecule has 0 fully saturated rings. The molecule has 5 rings (SSSR count). The topological polar surface area (TPSA) is 79.8 Å². The molecule has 2 aromatic heterocycles. The number of aromatic hydroxyl groups is 1. The summed E-state index contributed by atoms with van der Waals surface area (Å²) in [6.45, 7) is 4.74. The number of rotatable bonds is 6. The van der Waals surface area contributed by atoms with Crippen LogP contribution in [0.1, 0.15) is 35.7 Å². The van der Waals surface area contributed by atoms with Crippen molar-refractivity contribution < 1.29 is 9.90 Å². The van der Waals surface area contributed by atoms with Crippen molar-refractivity contribution in [2.45, 2.75) is 33.2 Å². The van der Waals surface area contributed by atoms with Crippen molar-refractivity contribution in [3.63, 3.8) is 0 Å². The molecule has 0 saturated heterocycles. The summed E-state index contributed by atoms with van der Waals surface area (Å²) in [5.74, 6) is -0.469. The third-order valence-electron chi connectivity index (χ3n) is 6.23. The van der Waals surface area contributed by atoms with Crippen molar-refractivity contribution in [3.8, 4) is 17.1 Å². The number of azo groups is 1. The summed E-state index contributed by atoms with van der Waals surface area (Å²) in [6, 6.07) is 23.0. The number of hydrogen-bond acceptors (Lipinski definition) is 4. The highest BCUT2D eigenvalue weighted by Crippen LogP contribution is 2.39. The third-order valence-corrected chi connectivity index (χ3v) is 6.76. The van der Waals surface area contributed by atoms with Gasteiger partial charge in [0.25, 0.3) is 5.91 Å². The van der Waals surface area contributed by atoms with Crippen LogP contribution in [-0.4, -0.2) is 20.6 Å². The van der Waals surface area contributed by atoms with Crippen molar-refractivity contribution in [3.05, 3.63) is 88.4 Å². The van der Waals surface area contributed by atoms with Gasteiger partial charge < -0.3 is 9.67 Å². The van der Waals surface area contributed by atoms with Crippen LogP contribution < -0.4 is 0 Å². The minimum absolute atomic E-state index is 0.0205. The van der Waals surface area contributed by atoms with E-state index in [1.54, 1.807) is 6.07 Å². The number of nitrogens with zero attached hydrogens (tertiary/aromatic N) is 4. The van der Waals surface area contributed by atoms with Gasteiger partial charge in [-0.2, -0.15) is 0 Å². The van der Waals surface area contributed by atoms with Crippen molar-refractivity contribution in [2.24, 2.45) is 10.2 Å². The van der Waals surface area contributed by atoms with Crippen LogP contribution in [0, 0.1) is 6.92 Å². The number of hydrogen-bond donors (Lipinski definition) is 1. The van der Waals surface area contributed by atoms with E-state index in [2.05, 4.69) is 33.1 Å². The van der Waals surface area contributed by atoms with Crippen LogP contribution in [0.3, 0.4) is 0 Å². The highest BCUT2D eigenvalue weighted by atomic mass is 79.9. The van der Waals surface area contributed by atoms with Crippen molar-refractivity contribution >= 4 is 49.3 Å². The summed E-state index contributed by atoms with van der Waals surface area (Å²) in [5.41, 5.74) is 4.88. The maximum Gasteiger partial charge on any atom is 0.296 e. The molecule has 36 heavy (non-hydrogen) atoms. The van der Waals surface area contributed by atoms with Crippen molar-refractivity contribution in [1.82, 2.24) is 9.55 Å². The van der Waals surface area contributed by atoms with E-state index in [1.165, 1.54) is 0 Å². The molecule has 0 radical (unpaired) electrons. The fourth-order valence-electron chi connectivity index (χ4n) is 4.35. The van der Waals surface area contributed by atoms with Crippen LogP contribution in [-0.2, 0) is 6.54 Å². The molecule has 6 nitrogen and oxygen atoms in total. The van der Waals surface area contributed by atoms with Crippen LogP contribution in [0.5, 0.6) is 5.88 Å². The Labute approximate surface area is 217 Å². The van der Waals surface area contributed by atoms with Crippen LogP contribution in [0.4, 0.5) is 5.69 Å². The molecule has 1 amide bonds. The number of carbonyl (C=O) groups excluding carboxylic acids is 1. The molecule has 0 saturated carbocycles. The van der Waals surface area contributed by atoms with E-state index < -0.39 is 5.91 Å². The Morgan fingerprint density at radius 2 is 1.81 bits per heavy atom. The molecule has 0 aliphatic heterocycles. The van der Waals surface area contributed by atoms with Crippen LogP contribution in [0.25, 0.3) is 33.1 Å². The maximum atomic E-state index is 13.4. The van der Waals surface area contributed by atoms with E-state index in [-0.39, 0.29) is 5.88 Å². The van der Waals surface area contributed by atoms with E-state index in [9.17, 15) is 9.90 Å². The molecule has 0 bridgehead atoms. The summed E-state index contributed by atoms with van der Waals surface area (Å²) in [7, 11) is 0. The Kier molecular flexibility index (Phi) is 6.65.